The van der Waals surface area contributed by atoms with Gasteiger partial charge in [0, 0.05) is 26.2 Å². The Morgan fingerprint density at radius 1 is 1.31 bits per heavy atom. The van der Waals surface area contributed by atoms with Crippen molar-refractivity contribution in [2.45, 2.75) is 36.6 Å². The van der Waals surface area contributed by atoms with E-state index < -0.39 is 15.6 Å². The Hall–Kier alpha value is -2.65. The number of aromatic nitrogens is 2. The van der Waals surface area contributed by atoms with E-state index in [0.29, 0.717) is 43.3 Å². The molecule has 0 aliphatic carbocycles. The van der Waals surface area contributed by atoms with Gasteiger partial charge < -0.3 is 14.8 Å². The second kappa shape index (κ2) is 11.0. The van der Waals surface area contributed by atoms with Crippen LogP contribution >= 0.6 is 11.6 Å². The molecule has 0 radical (unpaired) electrons. The first-order chi connectivity index (χ1) is 16.8. The molecule has 1 atom stereocenters. The Morgan fingerprint density at radius 2 is 2.09 bits per heavy atom. The minimum Gasteiger partial charge on any atom is -0.495 e. The number of nitrogens with zero attached hydrogens (tertiary/aromatic N) is 4. The first-order valence-corrected chi connectivity index (χ1v) is 13.3. The van der Waals surface area contributed by atoms with Crippen LogP contribution in [0.1, 0.15) is 37.3 Å². The van der Waals surface area contributed by atoms with Crippen molar-refractivity contribution in [1.82, 2.24) is 14.1 Å². The monoisotopic (exact) mass is 521 g/mol. The van der Waals surface area contributed by atoms with E-state index in [2.05, 4.69) is 10.4 Å². The summed E-state index contributed by atoms with van der Waals surface area (Å²) in [5.74, 6) is 0.681. The van der Waals surface area contributed by atoms with E-state index in [1.807, 2.05) is 6.07 Å². The Bertz CT molecular complexity index is 1260. The smallest absolute Gasteiger partial charge is 0.287 e. The zero-order valence-electron chi connectivity index (χ0n) is 19.4. The number of hydrogen-bond acceptors (Lipinski definition) is 8. The minimum absolute atomic E-state index is 0.0328. The van der Waals surface area contributed by atoms with Crippen molar-refractivity contribution < 1.29 is 17.9 Å². The number of rotatable bonds is 7. The molecule has 2 fully saturated rings. The molecule has 0 spiro atoms. The van der Waals surface area contributed by atoms with E-state index in [1.165, 1.54) is 34.3 Å². The van der Waals surface area contributed by atoms with Gasteiger partial charge >= 0.3 is 0 Å². The van der Waals surface area contributed by atoms with Gasteiger partial charge in [-0.1, -0.05) is 11.6 Å². The topological polar surface area (TPSA) is 127 Å². The summed E-state index contributed by atoms with van der Waals surface area (Å²) >= 11 is 6.36. The van der Waals surface area contributed by atoms with Crippen molar-refractivity contribution in [1.29, 1.82) is 5.26 Å². The number of sulfonamides is 1. The second-order valence-electron chi connectivity index (χ2n) is 8.70. The predicted molar refractivity (Wildman–Crippen MR) is 130 cm³/mol. The molecular formula is C23H28ClN5O5S. The molecule has 10 nitrogen and oxygen atoms in total. The van der Waals surface area contributed by atoms with Crippen LogP contribution in [0.15, 0.2) is 34.1 Å². The van der Waals surface area contributed by atoms with Gasteiger partial charge in [-0.25, -0.2) is 13.1 Å². The predicted octanol–water partition coefficient (Wildman–Crippen LogP) is 2.64. The fraction of sp³-hybridized carbons (Fsp3) is 0.522. The lowest BCUT2D eigenvalue weighted by atomic mass is 10.0. The first-order valence-electron chi connectivity index (χ1n) is 11.5. The van der Waals surface area contributed by atoms with Crippen LogP contribution in [-0.2, 0) is 14.8 Å². The highest BCUT2D eigenvalue weighted by Gasteiger charge is 2.31. The quantitative estimate of drug-likeness (QED) is 0.589. The van der Waals surface area contributed by atoms with Crippen molar-refractivity contribution in [3.8, 4) is 11.8 Å². The average molecular weight is 522 g/mol. The van der Waals surface area contributed by atoms with Crippen LogP contribution in [0.2, 0.25) is 5.02 Å². The van der Waals surface area contributed by atoms with E-state index in [0.717, 1.165) is 19.4 Å². The summed E-state index contributed by atoms with van der Waals surface area (Å²) in [7, 11) is -2.37. The fourth-order valence-electron chi connectivity index (χ4n) is 4.46. The number of methoxy groups -OCH3 is 1. The molecule has 1 aromatic carbocycles. The Balaban J connectivity index is 1.42. The van der Waals surface area contributed by atoms with Crippen LogP contribution in [-0.4, -0.2) is 62.5 Å². The number of ether oxygens (including phenoxy) is 2. The van der Waals surface area contributed by atoms with Gasteiger partial charge in [0.2, 0.25) is 10.0 Å². The van der Waals surface area contributed by atoms with Gasteiger partial charge in [0.25, 0.3) is 5.56 Å². The SMILES string of the molecule is COc1ccc(S(=O)(=O)N2CCC(n3ncc(NC[C@H]4CCCOC4)c(Cl)c3=O)CC2)cc1C#N. The minimum atomic E-state index is -3.80. The third-order valence-corrected chi connectivity index (χ3v) is 8.74. The molecular weight excluding hydrogens is 494 g/mol. The number of anilines is 1. The molecule has 1 aromatic heterocycles. The van der Waals surface area contributed by atoms with Gasteiger partial charge in [-0.2, -0.15) is 14.7 Å². The molecule has 12 heteroatoms. The van der Waals surface area contributed by atoms with Crippen LogP contribution in [0, 0.1) is 17.2 Å². The summed E-state index contributed by atoms with van der Waals surface area (Å²) in [5, 5.41) is 16.9. The fourth-order valence-corrected chi connectivity index (χ4v) is 6.16. The van der Waals surface area contributed by atoms with Crippen LogP contribution < -0.4 is 15.6 Å². The van der Waals surface area contributed by atoms with Gasteiger partial charge in [0.15, 0.2) is 0 Å². The van der Waals surface area contributed by atoms with Gasteiger partial charge in [0.05, 0.1) is 42.1 Å². The van der Waals surface area contributed by atoms with Crippen LogP contribution in [0.25, 0.3) is 0 Å². The van der Waals surface area contributed by atoms with E-state index in [4.69, 9.17) is 21.1 Å². The standard InChI is InChI=1S/C23H28ClN5O5S/c1-33-21-5-4-19(11-17(21)12-25)35(31,32)28-8-6-18(7-9-28)29-23(30)22(24)20(14-27-29)26-13-16-3-2-10-34-15-16/h4-5,11,14,16,18,26H,2-3,6-10,13,15H2,1H3/t16-/m1/s1. The third-order valence-electron chi connectivity index (χ3n) is 6.48. The largest absolute Gasteiger partial charge is 0.495 e. The molecule has 188 valence electrons. The molecule has 2 aliphatic rings. The summed E-state index contributed by atoms with van der Waals surface area (Å²) < 4.78 is 39.5. The molecule has 0 amide bonds. The van der Waals surface area contributed by atoms with Gasteiger partial charge in [-0.3, -0.25) is 4.79 Å². The van der Waals surface area contributed by atoms with Gasteiger partial charge in [-0.05, 0) is 49.8 Å². The number of nitriles is 1. The number of halogens is 1. The highest BCUT2D eigenvalue weighted by atomic mass is 35.5. The number of nitrogens with one attached hydrogen (secondary N) is 1. The Labute approximate surface area is 209 Å². The molecule has 0 bridgehead atoms. The molecule has 3 heterocycles. The third kappa shape index (κ3) is 5.46. The summed E-state index contributed by atoms with van der Waals surface area (Å²) in [5.41, 5.74) is 0.247. The molecule has 0 unspecified atom stereocenters. The van der Waals surface area contributed by atoms with Crippen molar-refractivity contribution in [2.75, 3.05) is 45.3 Å². The normalized spacial score (nSPS) is 19.7. The number of benzene rings is 1. The first kappa shape index (κ1) is 25.4. The van der Waals surface area contributed by atoms with Crippen molar-refractivity contribution in [2.24, 2.45) is 5.92 Å². The molecule has 4 rings (SSSR count). The number of hydrogen-bond donors (Lipinski definition) is 1. The zero-order chi connectivity index (χ0) is 25.0. The molecule has 35 heavy (non-hydrogen) atoms. The highest BCUT2D eigenvalue weighted by molar-refractivity contribution is 7.89. The summed E-state index contributed by atoms with van der Waals surface area (Å²) in [6, 6.07) is 5.91. The highest BCUT2D eigenvalue weighted by Crippen LogP contribution is 2.29. The lowest BCUT2D eigenvalue weighted by Gasteiger charge is -2.31. The van der Waals surface area contributed by atoms with E-state index in [-0.39, 0.29) is 34.6 Å². The Morgan fingerprint density at radius 3 is 2.74 bits per heavy atom. The molecule has 2 aromatic rings. The second-order valence-corrected chi connectivity index (χ2v) is 11.0. The summed E-state index contributed by atoms with van der Waals surface area (Å²) in [6.45, 7) is 2.56. The van der Waals surface area contributed by atoms with Crippen LogP contribution in [0.4, 0.5) is 5.69 Å². The molecule has 2 aliphatic heterocycles. The zero-order valence-corrected chi connectivity index (χ0v) is 21.0. The van der Waals surface area contributed by atoms with Gasteiger partial charge in [0.1, 0.15) is 16.8 Å². The van der Waals surface area contributed by atoms with Gasteiger partial charge in [-0.15, -0.1) is 0 Å². The van der Waals surface area contributed by atoms with Crippen molar-refractivity contribution in [3.63, 3.8) is 0 Å². The maximum absolute atomic E-state index is 13.1. The van der Waals surface area contributed by atoms with Crippen LogP contribution in [0.5, 0.6) is 5.75 Å². The lowest BCUT2D eigenvalue weighted by molar-refractivity contribution is 0.0595. The maximum atomic E-state index is 13.1. The number of piperidine rings is 1. The molecule has 0 saturated carbocycles. The maximum Gasteiger partial charge on any atom is 0.287 e. The van der Waals surface area contributed by atoms with Crippen molar-refractivity contribution in [3.05, 3.63) is 45.3 Å². The Kier molecular flexibility index (Phi) is 7.96. The lowest BCUT2D eigenvalue weighted by Crippen LogP contribution is -2.41. The van der Waals surface area contributed by atoms with Crippen LogP contribution in [0.3, 0.4) is 0 Å². The summed E-state index contributed by atoms with van der Waals surface area (Å²) in [4.78, 5) is 12.9. The van der Waals surface area contributed by atoms with Crippen molar-refractivity contribution >= 4 is 27.3 Å². The van der Waals surface area contributed by atoms with E-state index in [9.17, 15) is 18.5 Å². The molecule has 1 N–H and O–H groups in total. The summed E-state index contributed by atoms with van der Waals surface area (Å²) in [6.07, 6.45) is 4.46. The average Bonchev–Trinajstić information content (AvgIpc) is 2.89. The molecule has 2 saturated heterocycles. The van der Waals surface area contributed by atoms with E-state index in [1.54, 1.807) is 6.20 Å². The van der Waals surface area contributed by atoms with E-state index >= 15 is 0 Å².